The predicted octanol–water partition coefficient (Wildman–Crippen LogP) is 2.36. The lowest BCUT2D eigenvalue weighted by Gasteiger charge is -2.03. The maximum Gasteiger partial charge on any atom is 0.160 e. The molecule has 7 heteroatoms. The Balaban J connectivity index is 2.12. The van der Waals surface area contributed by atoms with E-state index in [1.54, 1.807) is 24.0 Å². The normalized spacial score (nSPS) is 11.9. The third kappa shape index (κ3) is 3.40. The number of rotatable bonds is 4. The molecule has 0 saturated carbocycles. The molecule has 0 bridgehead atoms. The van der Waals surface area contributed by atoms with E-state index < -0.39 is 9.84 Å². The van der Waals surface area contributed by atoms with Gasteiger partial charge in [0.25, 0.3) is 0 Å². The summed E-state index contributed by atoms with van der Waals surface area (Å²) in [5, 5.41) is 5.81. The first kappa shape index (κ1) is 12.8. The Kier molecular flexibility index (Phi) is 3.70. The van der Waals surface area contributed by atoms with Crippen molar-refractivity contribution < 1.29 is 8.42 Å². The molecule has 0 N–H and O–H groups in total. The molecule has 0 fully saturated rings. The first-order valence-electron chi connectivity index (χ1n) is 4.86. The molecule has 2 aromatic rings. The van der Waals surface area contributed by atoms with Gasteiger partial charge >= 0.3 is 0 Å². The minimum atomic E-state index is -3.14. The first-order chi connectivity index (χ1) is 7.96. The van der Waals surface area contributed by atoms with Crippen LogP contribution < -0.4 is 0 Å². The number of hydrogen-bond acceptors (Lipinski definition) is 4. The highest BCUT2D eigenvalue weighted by molar-refractivity contribution is 9.11. The van der Waals surface area contributed by atoms with Gasteiger partial charge in [-0.3, -0.25) is 4.68 Å². The molecule has 0 spiro atoms. The number of nitrogens with zero attached hydrogens (tertiary/aromatic N) is 2. The molecule has 0 aliphatic rings. The summed E-state index contributed by atoms with van der Waals surface area (Å²) in [4.78, 5) is 0. The van der Waals surface area contributed by atoms with Crippen molar-refractivity contribution in [2.24, 2.45) is 7.05 Å². The Morgan fingerprint density at radius 1 is 1.47 bits per heavy atom. The first-order valence-corrected chi connectivity index (χ1v) is 8.36. The minimum absolute atomic E-state index is 0.0248. The number of halogens is 1. The summed E-state index contributed by atoms with van der Waals surface area (Å²) in [6.45, 7) is 0. The van der Waals surface area contributed by atoms with Crippen molar-refractivity contribution in [3.05, 3.63) is 38.8 Å². The molecule has 17 heavy (non-hydrogen) atoms. The van der Waals surface area contributed by atoms with Crippen molar-refractivity contribution in [2.75, 3.05) is 0 Å². The van der Waals surface area contributed by atoms with E-state index in [1.165, 1.54) is 11.3 Å². The third-order valence-corrected chi connectivity index (χ3v) is 5.36. The van der Waals surface area contributed by atoms with Crippen molar-refractivity contribution in [1.29, 1.82) is 0 Å². The summed E-state index contributed by atoms with van der Waals surface area (Å²) in [5.41, 5.74) is 1.53. The number of aryl methyl sites for hydroxylation is 1. The minimum Gasteiger partial charge on any atom is -0.272 e. The van der Waals surface area contributed by atoms with Gasteiger partial charge in [-0.2, -0.15) is 5.10 Å². The van der Waals surface area contributed by atoms with Gasteiger partial charge in [0.2, 0.25) is 0 Å². The third-order valence-electron chi connectivity index (χ3n) is 2.30. The fourth-order valence-electron chi connectivity index (χ4n) is 1.49. The molecule has 92 valence electrons. The molecular formula is C10H11BrN2O2S2. The van der Waals surface area contributed by atoms with Crippen LogP contribution in [0.3, 0.4) is 0 Å². The lowest BCUT2D eigenvalue weighted by Crippen LogP contribution is -2.10. The summed E-state index contributed by atoms with van der Waals surface area (Å²) in [5.74, 6) is 0.0945. The van der Waals surface area contributed by atoms with E-state index in [2.05, 4.69) is 21.0 Å². The van der Waals surface area contributed by atoms with Crippen LogP contribution in [0.25, 0.3) is 0 Å². The second-order valence-corrected chi connectivity index (χ2v) is 8.09. The number of hydrogen-bond donors (Lipinski definition) is 0. The molecular weight excluding hydrogens is 324 g/mol. The zero-order valence-corrected chi connectivity index (χ0v) is 12.3. The van der Waals surface area contributed by atoms with Gasteiger partial charge in [-0.25, -0.2) is 8.42 Å². The summed E-state index contributed by atoms with van der Waals surface area (Å²) in [6.07, 6.45) is 1.60. The van der Waals surface area contributed by atoms with Crippen LogP contribution in [-0.4, -0.2) is 18.2 Å². The van der Waals surface area contributed by atoms with E-state index in [1.807, 2.05) is 11.4 Å². The molecule has 0 amide bonds. The predicted molar refractivity (Wildman–Crippen MR) is 71.6 cm³/mol. The van der Waals surface area contributed by atoms with Gasteiger partial charge in [-0.1, -0.05) is 0 Å². The smallest absolute Gasteiger partial charge is 0.160 e. The topological polar surface area (TPSA) is 52.0 Å². The number of aromatic nitrogens is 2. The molecule has 0 radical (unpaired) electrons. The van der Waals surface area contributed by atoms with Crippen LogP contribution in [-0.2, 0) is 28.4 Å². The molecule has 0 saturated heterocycles. The Morgan fingerprint density at radius 2 is 2.24 bits per heavy atom. The van der Waals surface area contributed by atoms with Crippen LogP contribution in [0.4, 0.5) is 0 Å². The Bertz CT molecular complexity index is 616. The highest BCUT2D eigenvalue weighted by Gasteiger charge is 2.16. The van der Waals surface area contributed by atoms with Crippen molar-refractivity contribution in [2.45, 2.75) is 11.5 Å². The molecule has 2 rings (SSSR count). The molecule has 2 heterocycles. The summed E-state index contributed by atoms with van der Waals surface area (Å²) in [7, 11) is -1.40. The maximum atomic E-state index is 12.0. The van der Waals surface area contributed by atoms with E-state index in [9.17, 15) is 8.42 Å². The van der Waals surface area contributed by atoms with Crippen molar-refractivity contribution in [1.82, 2.24) is 9.78 Å². The zero-order valence-electron chi connectivity index (χ0n) is 9.13. The van der Waals surface area contributed by atoms with Crippen LogP contribution in [0.1, 0.15) is 11.3 Å². The van der Waals surface area contributed by atoms with Crippen LogP contribution in [0.5, 0.6) is 0 Å². The highest BCUT2D eigenvalue weighted by atomic mass is 79.9. The lowest BCUT2D eigenvalue weighted by molar-refractivity contribution is 0.591. The van der Waals surface area contributed by atoms with E-state index in [0.717, 1.165) is 9.35 Å². The molecule has 4 nitrogen and oxygen atoms in total. The molecule has 0 atom stereocenters. The Labute approximate surface area is 112 Å². The van der Waals surface area contributed by atoms with Crippen molar-refractivity contribution in [3.8, 4) is 0 Å². The number of thiophene rings is 1. The van der Waals surface area contributed by atoms with Gasteiger partial charge in [-0.05, 0) is 39.0 Å². The van der Waals surface area contributed by atoms with Crippen molar-refractivity contribution >= 4 is 37.1 Å². The second-order valence-electron chi connectivity index (χ2n) is 3.74. The van der Waals surface area contributed by atoms with Gasteiger partial charge in [0, 0.05) is 13.2 Å². The fourth-order valence-corrected chi connectivity index (χ4v) is 4.32. The standard InChI is InChI=1S/C10H11BrN2O2S2/c1-13-9(2-3-12-13)7-17(14,15)6-8-4-10(11)16-5-8/h2-5H,6-7H2,1H3. The Morgan fingerprint density at radius 3 is 2.76 bits per heavy atom. The fraction of sp³-hybridized carbons (Fsp3) is 0.300. The average Bonchev–Trinajstić information content (AvgIpc) is 2.76. The summed E-state index contributed by atoms with van der Waals surface area (Å²) in [6, 6.07) is 3.56. The molecule has 0 aliphatic carbocycles. The number of sulfone groups is 1. The second kappa shape index (κ2) is 4.91. The average molecular weight is 335 g/mol. The Hall–Kier alpha value is -0.660. The molecule has 0 aromatic carbocycles. The summed E-state index contributed by atoms with van der Waals surface area (Å²) >= 11 is 4.81. The molecule has 0 aliphatic heterocycles. The van der Waals surface area contributed by atoms with Gasteiger partial charge in [0.1, 0.15) is 0 Å². The van der Waals surface area contributed by atoms with Gasteiger partial charge in [-0.15, -0.1) is 11.3 Å². The molecule has 0 unspecified atom stereocenters. The van der Waals surface area contributed by atoms with Crippen LogP contribution in [0.2, 0.25) is 0 Å². The van der Waals surface area contributed by atoms with Crippen LogP contribution in [0, 0.1) is 0 Å². The van der Waals surface area contributed by atoms with Gasteiger partial charge in [0.05, 0.1) is 21.0 Å². The van der Waals surface area contributed by atoms with E-state index >= 15 is 0 Å². The largest absolute Gasteiger partial charge is 0.272 e. The van der Waals surface area contributed by atoms with E-state index in [0.29, 0.717) is 5.69 Å². The van der Waals surface area contributed by atoms with Crippen LogP contribution in [0.15, 0.2) is 27.5 Å². The monoisotopic (exact) mass is 334 g/mol. The van der Waals surface area contributed by atoms with Gasteiger partial charge in [0.15, 0.2) is 9.84 Å². The van der Waals surface area contributed by atoms with E-state index in [4.69, 9.17) is 0 Å². The van der Waals surface area contributed by atoms with E-state index in [-0.39, 0.29) is 11.5 Å². The van der Waals surface area contributed by atoms with Gasteiger partial charge < -0.3 is 0 Å². The SMILES string of the molecule is Cn1nccc1CS(=O)(=O)Cc1csc(Br)c1. The quantitative estimate of drug-likeness (QED) is 0.862. The molecule has 2 aromatic heterocycles. The van der Waals surface area contributed by atoms with Crippen molar-refractivity contribution in [3.63, 3.8) is 0 Å². The zero-order chi connectivity index (χ0) is 12.5. The summed E-state index contributed by atoms with van der Waals surface area (Å²) < 4.78 is 26.5. The maximum absolute atomic E-state index is 12.0. The lowest BCUT2D eigenvalue weighted by atomic mass is 10.4. The highest BCUT2D eigenvalue weighted by Crippen LogP contribution is 2.23. The van der Waals surface area contributed by atoms with Crippen LogP contribution >= 0.6 is 27.3 Å².